The summed E-state index contributed by atoms with van der Waals surface area (Å²) >= 11 is 1.78. The van der Waals surface area contributed by atoms with E-state index >= 15 is 0 Å². The van der Waals surface area contributed by atoms with Crippen LogP contribution in [-0.2, 0) is 0 Å². The van der Waals surface area contributed by atoms with Crippen LogP contribution >= 0.6 is 11.8 Å². The lowest BCUT2D eigenvalue weighted by Crippen LogP contribution is -2.09. The van der Waals surface area contributed by atoms with Gasteiger partial charge in [-0.15, -0.1) is 0 Å². The minimum absolute atomic E-state index is 1.14. The first-order valence-electron chi connectivity index (χ1n) is 13.9. The molecule has 0 atom stereocenters. The molecule has 0 N–H and O–H groups in total. The van der Waals surface area contributed by atoms with E-state index in [2.05, 4.69) is 181 Å². The van der Waals surface area contributed by atoms with Crippen LogP contribution in [0.2, 0.25) is 0 Å². The molecule has 0 aromatic heterocycles. The van der Waals surface area contributed by atoms with Crippen molar-refractivity contribution in [1.29, 1.82) is 0 Å². The molecule has 0 saturated carbocycles. The zero-order valence-electron chi connectivity index (χ0n) is 23.3. The van der Waals surface area contributed by atoms with Gasteiger partial charge in [-0.1, -0.05) is 83.6 Å². The molecule has 0 amide bonds. The normalized spacial score (nSPS) is 10.8. The van der Waals surface area contributed by atoms with Crippen molar-refractivity contribution in [3.05, 3.63) is 169 Å². The van der Waals surface area contributed by atoms with Gasteiger partial charge in [0.1, 0.15) is 0 Å². The molecule has 200 valence electrons. The molecule has 3 heteroatoms. The third-order valence-electron chi connectivity index (χ3n) is 7.04. The Morgan fingerprint density at radius 1 is 0.317 bits per heavy atom. The number of hydrogen-bond acceptors (Lipinski definition) is 3. The molecule has 0 heterocycles. The summed E-state index contributed by atoms with van der Waals surface area (Å²) in [5, 5.41) is 0. The minimum Gasteiger partial charge on any atom is -0.311 e. The molecule has 2 nitrogen and oxygen atoms in total. The number of rotatable bonds is 8. The molecule has 0 bridgehead atoms. The Morgan fingerprint density at radius 3 is 0.902 bits per heavy atom. The first-order valence-corrected chi connectivity index (χ1v) is 14.7. The number of benzene rings is 6. The molecule has 6 aromatic carbocycles. The van der Waals surface area contributed by atoms with Gasteiger partial charge in [-0.2, -0.15) is 0 Å². The van der Waals surface area contributed by atoms with E-state index in [9.17, 15) is 0 Å². The summed E-state index contributed by atoms with van der Waals surface area (Å²) in [5.41, 5.74) is 9.36. The summed E-state index contributed by atoms with van der Waals surface area (Å²) in [5.74, 6) is 0. The van der Waals surface area contributed by atoms with Gasteiger partial charge in [0.25, 0.3) is 0 Å². The van der Waals surface area contributed by atoms with E-state index in [0.717, 1.165) is 34.1 Å². The third-order valence-corrected chi connectivity index (χ3v) is 8.05. The van der Waals surface area contributed by atoms with Crippen LogP contribution < -0.4 is 9.80 Å². The molecule has 0 aliphatic carbocycles. The fraction of sp³-hybridized carbons (Fsp3) is 0.0526. The van der Waals surface area contributed by atoms with E-state index in [0.29, 0.717) is 0 Å². The van der Waals surface area contributed by atoms with E-state index in [1.54, 1.807) is 11.8 Å². The molecule has 0 unspecified atom stereocenters. The zero-order chi connectivity index (χ0) is 28.0. The Labute approximate surface area is 247 Å². The summed E-state index contributed by atoms with van der Waals surface area (Å²) in [6.45, 7) is 4.24. The maximum atomic E-state index is 2.30. The smallest absolute Gasteiger partial charge is 0.0462 e. The van der Waals surface area contributed by atoms with Gasteiger partial charge < -0.3 is 9.80 Å². The Morgan fingerprint density at radius 2 is 0.585 bits per heavy atom. The van der Waals surface area contributed by atoms with Crippen LogP contribution in [-0.4, -0.2) is 0 Å². The summed E-state index contributed by atoms with van der Waals surface area (Å²) in [4.78, 5) is 7.01. The molecule has 0 aliphatic rings. The van der Waals surface area contributed by atoms with Gasteiger partial charge in [-0.05, 0) is 111 Å². The van der Waals surface area contributed by atoms with E-state index in [1.807, 2.05) is 0 Å². The third kappa shape index (κ3) is 6.21. The van der Waals surface area contributed by atoms with Gasteiger partial charge in [-0.25, -0.2) is 0 Å². The van der Waals surface area contributed by atoms with Gasteiger partial charge in [0.15, 0.2) is 0 Å². The highest BCUT2D eigenvalue weighted by molar-refractivity contribution is 7.99. The number of anilines is 6. The molecular formula is C38H32N2S. The van der Waals surface area contributed by atoms with Crippen molar-refractivity contribution < 1.29 is 0 Å². The van der Waals surface area contributed by atoms with Gasteiger partial charge in [0.05, 0.1) is 0 Å². The van der Waals surface area contributed by atoms with Crippen LogP contribution in [0.5, 0.6) is 0 Å². The lowest BCUT2D eigenvalue weighted by molar-refractivity contribution is 1.26. The van der Waals surface area contributed by atoms with Gasteiger partial charge in [-0.3, -0.25) is 0 Å². The van der Waals surface area contributed by atoms with Crippen LogP contribution in [0, 0.1) is 13.8 Å². The maximum Gasteiger partial charge on any atom is 0.0462 e. The Kier molecular flexibility index (Phi) is 7.88. The second-order valence-electron chi connectivity index (χ2n) is 10.1. The number of aryl methyl sites for hydroxylation is 2. The van der Waals surface area contributed by atoms with E-state index in [1.165, 1.54) is 20.9 Å². The quantitative estimate of drug-likeness (QED) is 0.187. The minimum atomic E-state index is 1.14. The molecule has 6 rings (SSSR count). The van der Waals surface area contributed by atoms with Crippen molar-refractivity contribution in [2.45, 2.75) is 23.6 Å². The molecule has 41 heavy (non-hydrogen) atoms. The van der Waals surface area contributed by atoms with Crippen LogP contribution in [0.4, 0.5) is 34.1 Å². The molecule has 0 saturated heterocycles. The molecule has 0 fully saturated rings. The van der Waals surface area contributed by atoms with Crippen molar-refractivity contribution in [3.8, 4) is 0 Å². The molecule has 0 aliphatic heterocycles. The second kappa shape index (κ2) is 12.2. The molecular weight excluding hydrogens is 516 g/mol. The summed E-state index contributed by atoms with van der Waals surface area (Å²) < 4.78 is 0. The fourth-order valence-electron chi connectivity index (χ4n) is 4.90. The van der Waals surface area contributed by atoms with E-state index in [-0.39, 0.29) is 0 Å². The topological polar surface area (TPSA) is 6.48 Å². The average Bonchev–Trinajstić information content (AvgIpc) is 3.02. The predicted octanol–water partition coefficient (Wildman–Crippen LogP) is 11.4. The van der Waals surface area contributed by atoms with Crippen LogP contribution in [0.3, 0.4) is 0 Å². The fourth-order valence-corrected chi connectivity index (χ4v) is 5.72. The van der Waals surface area contributed by atoms with Crippen LogP contribution in [0.25, 0.3) is 0 Å². The van der Waals surface area contributed by atoms with Crippen LogP contribution in [0.15, 0.2) is 168 Å². The van der Waals surface area contributed by atoms with E-state index in [4.69, 9.17) is 0 Å². The highest BCUT2D eigenvalue weighted by Crippen LogP contribution is 2.38. The van der Waals surface area contributed by atoms with Crippen molar-refractivity contribution >= 4 is 45.9 Å². The lowest BCUT2D eigenvalue weighted by atomic mass is 10.1. The second-order valence-corrected chi connectivity index (χ2v) is 11.2. The highest BCUT2D eigenvalue weighted by atomic mass is 32.2. The standard InChI is InChI=1S/C38H32N2S/c1-29-13-17-33(18-14-29)39(31-9-5-3-6-10-31)35-21-25-37(26-22-35)41-38-27-23-36(24-28-38)40(32-11-7-4-8-12-32)34-19-15-30(2)16-20-34/h3-28H,1-2H3. The summed E-state index contributed by atoms with van der Waals surface area (Å²) in [7, 11) is 0. The van der Waals surface area contributed by atoms with E-state index < -0.39 is 0 Å². The van der Waals surface area contributed by atoms with Crippen molar-refractivity contribution in [1.82, 2.24) is 0 Å². The van der Waals surface area contributed by atoms with Crippen molar-refractivity contribution in [3.63, 3.8) is 0 Å². The number of nitrogens with zero attached hydrogens (tertiary/aromatic N) is 2. The zero-order valence-corrected chi connectivity index (χ0v) is 24.1. The summed E-state index contributed by atoms with van der Waals surface area (Å²) in [6, 6.07) is 56.1. The predicted molar refractivity (Wildman–Crippen MR) is 176 cm³/mol. The monoisotopic (exact) mass is 548 g/mol. The molecule has 0 radical (unpaired) electrons. The van der Waals surface area contributed by atoms with Crippen LogP contribution in [0.1, 0.15) is 11.1 Å². The molecule has 6 aromatic rings. The Balaban J connectivity index is 1.24. The van der Waals surface area contributed by atoms with Gasteiger partial charge in [0.2, 0.25) is 0 Å². The first kappa shape index (κ1) is 26.5. The number of para-hydroxylation sites is 2. The average molecular weight is 549 g/mol. The number of hydrogen-bond donors (Lipinski definition) is 0. The van der Waals surface area contributed by atoms with Gasteiger partial charge in [0, 0.05) is 43.9 Å². The molecule has 0 spiro atoms. The summed E-state index contributed by atoms with van der Waals surface area (Å²) in [6.07, 6.45) is 0. The van der Waals surface area contributed by atoms with Gasteiger partial charge >= 0.3 is 0 Å². The van der Waals surface area contributed by atoms with Crippen molar-refractivity contribution in [2.75, 3.05) is 9.80 Å². The Bertz CT molecular complexity index is 1550. The lowest BCUT2D eigenvalue weighted by Gasteiger charge is -2.26. The maximum absolute atomic E-state index is 2.30. The SMILES string of the molecule is Cc1ccc(N(c2ccccc2)c2ccc(Sc3ccc(N(c4ccccc4)c4ccc(C)cc4)cc3)cc2)cc1. The largest absolute Gasteiger partial charge is 0.311 e. The first-order chi connectivity index (χ1) is 20.1. The highest BCUT2D eigenvalue weighted by Gasteiger charge is 2.14. The Hall–Kier alpha value is -4.73. The van der Waals surface area contributed by atoms with Crippen molar-refractivity contribution in [2.24, 2.45) is 0 Å².